The molecule has 0 radical (unpaired) electrons. The number of fused-ring (bicyclic) bond motifs is 1. The predicted octanol–water partition coefficient (Wildman–Crippen LogP) is 2.01. The molecule has 1 aromatic rings. The van der Waals surface area contributed by atoms with Gasteiger partial charge in [0.25, 0.3) is 0 Å². The first-order valence-electron chi connectivity index (χ1n) is 6.70. The molecule has 1 aromatic carbocycles. The third-order valence-corrected chi connectivity index (χ3v) is 4.02. The van der Waals surface area contributed by atoms with Crippen LogP contribution in [0.4, 0.5) is 0 Å². The van der Waals surface area contributed by atoms with Crippen LogP contribution in [0.1, 0.15) is 24.0 Å². The Morgan fingerprint density at radius 2 is 1.60 bits per heavy atom. The zero-order valence-electron chi connectivity index (χ0n) is 11.0. The number of allylic oxidation sites excluding steroid dienone is 2. The summed E-state index contributed by atoms with van der Waals surface area (Å²) in [7, 11) is 0. The number of hydrogen-bond donors (Lipinski definition) is 0. The summed E-state index contributed by atoms with van der Waals surface area (Å²) in [5.74, 6) is -0.473. The summed E-state index contributed by atoms with van der Waals surface area (Å²) in [6.45, 7) is 0.302. The van der Waals surface area contributed by atoms with E-state index in [1.54, 1.807) is 24.3 Å². The second kappa shape index (κ2) is 4.93. The zero-order chi connectivity index (χ0) is 14.1. The molecule has 4 heteroatoms. The summed E-state index contributed by atoms with van der Waals surface area (Å²) in [5.41, 5.74) is 1.45. The van der Waals surface area contributed by atoms with Crippen molar-refractivity contribution in [3.63, 3.8) is 0 Å². The van der Waals surface area contributed by atoms with Crippen molar-refractivity contribution in [1.82, 2.24) is 4.90 Å². The lowest BCUT2D eigenvalue weighted by Gasteiger charge is -2.14. The van der Waals surface area contributed by atoms with Crippen molar-refractivity contribution >= 4 is 11.8 Å². The Bertz CT molecular complexity index is 599. The number of hydrogen-bond acceptors (Lipinski definition) is 3. The van der Waals surface area contributed by atoms with Crippen molar-refractivity contribution in [2.45, 2.75) is 19.4 Å². The van der Waals surface area contributed by atoms with E-state index in [1.165, 1.54) is 4.90 Å². The average Bonchev–Trinajstić information content (AvgIpc) is 2.74. The van der Waals surface area contributed by atoms with Gasteiger partial charge in [0.1, 0.15) is 0 Å². The maximum absolute atomic E-state index is 12.3. The van der Waals surface area contributed by atoms with Crippen molar-refractivity contribution < 1.29 is 9.59 Å². The molecule has 2 atom stereocenters. The minimum absolute atomic E-state index is 0.0614. The Morgan fingerprint density at radius 3 is 2.10 bits per heavy atom. The van der Waals surface area contributed by atoms with Gasteiger partial charge >= 0.3 is 0 Å². The van der Waals surface area contributed by atoms with E-state index >= 15 is 0 Å². The van der Waals surface area contributed by atoms with E-state index in [2.05, 4.69) is 6.07 Å². The van der Waals surface area contributed by atoms with Gasteiger partial charge in [-0.15, -0.1) is 0 Å². The highest BCUT2D eigenvalue weighted by atomic mass is 16.2. The van der Waals surface area contributed by atoms with Crippen LogP contribution in [0.5, 0.6) is 0 Å². The number of amides is 2. The number of likely N-dealkylation sites (tertiary alicyclic amines) is 1. The second-order valence-corrected chi connectivity index (χ2v) is 5.23. The molecule has 1 aliphatic carbocycles. The maximum Gasteiger partial charge on any atom is 0.233 e. The number of carbonyl (C=O) groups excluding carboxylic acids is 2. The molecule has 1 fully saturated rings. The van der Waals surface area contributed by atoms with Gasteiger partial charge in [0, 0.05) is 0 Å². The summed E-state index contributed by atoms with van der Waals surface area (Å²) in [4.78, 5) is 26.0. The van der Waals surface area contributed by atoms with Crippen LogP contribution in [-0.2, 0) is 16.1 Å². The van der Waals surface area contributed by atoms with Gasteiger partial charge in [-0.1, -0.05) is 24.3 Å². The Balaban J connectivity index is 1.79. The first kappa shape index (κ1) is 12.6. The van der Waals surface area contributed by atoms with Gasteiger partial charge < -0.3 is 0 Å². The first-order valence-corrected chi connectivity index (χ1v) is 6.70. The number of nitriles is 1. The summed E-state index contributed by atoms with van der Waals surface area (Å²) < 4.78 is 0. The lowest BCUT2D eigenvalue weighted by atomic mass is 9.85. The van der Waals surface area contributed by atoms with Crippen LogP contribution in [0.3, 0.4) is 0 Å². The van der Waals surface area contributed by atoms with Crippen molar-refractivity contribution in [1.29, 1.82) is 5.26 Å². The van der Waals surface area contributed by atoms with Crippen molar-refractivity contribution in [3.05, 3.63) is 47.5 Å². The van der Waals surface area contributed by atoms with Crippen LogP contribution in [0.25, 0.3) is 0 Å². The van der Waals surface area contributed by atoms with Crippen molar-refractivity contribution in [2.24, 2.45) is 11.8 Å². The van der Waals surface area contributed by atoms with Crippen LogP contribution < -0.4 is 0 Å². The lowest BCUT2D eigenvalue weighted by molar-refractivity contribution is -0.140. The molecule has 100 valence electrons. The molecule has 2 unspecified atom stereocenters. The molecule has 1 heterocycles. The molecule has 1 saturated heterocycles. The summed E-state index contributed by atoms with van der Waals surface area (Å²) in [6.07, 6.45) is 5.30. The van der Waals surface area contributed by atoms with Gasteiger partial charge in [-0.2, -0.15) is 5.26 Å². The topological polar surface area (TPSA) is 61.2 Å². The molecular weight excluding hydrogens is 252 g/mol. The van der Waals surface area contributed by atoms with Gasteiger partial charge in [-0.05, 0) is 30.5 Å². The number of imide groups is 1. The lowest BCUT2D eigenvalue weighted by Crippen LogP contribution is -2.30. The zero-order valence-corrected chi connectivity index (χ0v) is 11.0. The van der Waals surface area contributed by atoms with E-state index in [-0.39, 0.29) is 23.7 Å². The van der Waals surface area contributed by atoms with E-state index in [9.17, 15) is 9.59 Å². The molecular formula is C16H14N2O2. The fourth-order valence-electron chi connectivity index (χ4n) is 2.89. The Morgan fingerprint density at radius 1 is 1.05 bits per heavy atom. The Labute approximate surface area is 117 Å². The predicted molar refractivity (Wildman–Crippen MR) is 72.1 cm³/mol. The molecule has 2 aliphatic rings. The minimum Gasteiger partial charge on any atom is -0.278 e. The van der Waals surface area contributed by atoms with E-state index in [4.69, 9.17) is 5.26 Å². The monoisotopic (exact) mass is 266 g/mol. The van der Waals surface area contributed by atoms with Crippen LogP contribution in [0.15, 0.2) is 36.4 Å². The smallest absolute Gasteiger partial charge is 0.233 e. The van der Waals surface area contributed by atoms with Gasteiger partial charge in [0.2, 0.25) is 11.8 Å². The molecule has 4 nitrogen and oxygen atoms in total. The normalized spacial score (nSPS) is 24.6. The highest BCUT2D eigenvalue weighted by Gasteiger charge is 2.46. The average molecular weight is 266 g/mol. The second-order valence-electron chi connectivity index (χ2n) is 5.23. The number of carbonyl (C=O) groups is 2. The first-order chi connectivity index (χ1) is 9.70. The Kier molecular flexibility index (Phi) is 3.11. The molecule has 0 N–H and O–H groups in total. The quantitative estimate of drug-likeness (QED) is 0.607. The standard InChI is InChI=1S/C16H14N2O2/c17-9-11-5-7-12(8-6-11)10-18-15(19)13-3-1-2-4-14(13)16(18)20/h1-2,5-8,13-14H,3-4,10H2. The Hall–Kier alpha value is -2.41. The third kappa shape index (κ3) is 2.01. The van der Waals surface area contributed by atoms with Gasteiger partial charge in [-0.25, -0.2) is 0 Å². The highest BCUT2D eigenvalue weighted by Crippen LogP contribution is 2.35. The van der Waals surface area contributed by atoms with Gasteiger partial charge in [-0.3, -0.25) is 14.5 Å². The maximum atomic E-state index is 12.3. The molecule has 0 saturated carbocycles. The molecule has 0 aromatic heterocycles. The third-order valence-electron chi connectivity index (χ3n) is 4.02. The van der Waals surface area contributed by atoms with E-state index in [0.29, 0.717) is 24.9 Å². The SMILES string of the molecule is N#Cc1ccc(CN2C(=O)C3CC=CCC3C2=O)cc1. The highest BCUT2D eigenvalue weighted by molar-refractivity contribution is 6.05. The van der Waals surface area contributed by atoms with Crippen molar-refractivity contribution in [2.75, 3.05) is 0 Å². The molecule has 20 heavy (non-hydrogen) atoms. The van der Waals surface area contributed by atoms with E-state index in [1.807, 2.05) is 12.2 Å². The fraction of sp³-hybridized carbons (Fsp3) is 0.312. The summed E-state index contributed by atoms with van der Waals surface area (Å²) in [5, 5.41) is 8.76. The fourth-order valence-corrected chi connectivity index (χ4v) is 2.89. The minimum atomic E-state index is -0.175. The molecule has 0 bridgehead atoms. The van der Waals surface area contributed by atoms with Crippen LogP contribution in [-0.4, -0.2) is 16.7 Å². The van der Waals surface area contributed by atoms with Gasteiger partial charge in [0.15, 0.2) is 0 Å². The summed E-state index contributed by atoms with van der Waals surface area (Å²) in [6, 6.07) is 9.04. The van der Waals surface area contributed by atoms with Crippen LogP contribution in [0, 0.1) is 23.2 Å². The number of rotatable bonds is 2. The van der Waals surface area contributed by atoms with E-state index in [0.717, 1.165) is 5.56 Å². The van der Waals surface area contributed by atoms with E-state index < -0.39 is 0 Å². The molecule has 3 rings (SSSR count). The molecule has 2 amide bonds. The number of nitrogens with zero attached hydrogens (tertiary/aromatic N) is 2. The van der Waals surface area contributed by atoms with Crippen LogP contribution >= 0.6 is 0 Å². The van der Waals surface area contributed by atoms with Crippen LogP contribution in [0.2, 0.25) is 0 Å². The largest absolute Gasteiger partial charge is 0.278 e. The van der Waals surface area contributed by atoms with Gasteiger partial charge in [0.05, 0.1) is 30.0 Å². The molecule has 0 spiro atoms. The van der Waals surface area contributed by atoms with Crippen molar-refractivity contribution in [3.8, 4) is 6.07 Å². The molecule has 1 aliphatic heterocycles. The number of benzene rings is 1. The summed E-state index contributed by atoms with van der Waals surface area (Å²) >= 11 is 0.